The first-order chi connectivity index (χ1) is 18.4. The molecule has 250 valence electrons. The molecule has 0 N–H and O–H groups in total. The Morgan fingerprint density at radius 3 is 0.886 bits per heavy atom. The topological polar surface area (TPSA) is 55.9 Å². The maximum absolute atomic E-state index is 4.83. The van der Waals surface area contributed by atoms with E-state index in [4.69, 9.17) is 24.7 Å². The average Bonchev–Trinajstić information content (AvgIpc) is 2.80. The predicted molar refractivity (Wildman–Crippen MR) is 197 cm³/mol. The second kappa shape index (κ2) is 48.9. The molecule has 0 aliphatic rings. The third-order valence-corrected chi connectivity index (χ3v) is 3.34. The summed E-state index contributed by atoms with van der Waals surface area (Å²) in [5, 5.41) is 9.60. The van der Waals surface area contributed by atoms with Crippen LogP contribution in [-0.2, 0) is 14.2 Å². The Labute approximate surface area is 329 Å². The summed E-state index contributed by atoms with van der Waals surface area (Å²) in [5.74, 6) is 2.83. The van der Waals surface area contributed by atoms with Crippen molar-refractivity contribution >= 4 is 58.6 Å². The minimum Gasteiger partial charge on any atom is -1.00 e. The van der Waals surface area contributed by atoms with E-state index in [1.165, 1.54) is 11.8 Å². The van der Waals surface area contributed by atoms with E-state index in [1.807, 2.05) is 59.7 Å². The van der Waals surface area contributed by atoms with Crippen LogP contribution >= 0.6 is 0 Å². The summed E-state index contributed by atoms with van der Waals surface area (Å²) in [6.07, 6.45) is 0. The van der Waals surface area contributed by atoms with Crippen molar-refractivity contribution in [3.63, 3.8) is 0 Å². The van der Waals surface area contributed by atoms with E-state index in [-0.39, 0.29) is 95.4 Å². The van der Waals surface area contributed by atoms with Crippen molar-refractivity contribution in [3.8, 4) is 0 Å². The van der Waals surface area contributed by atoms with Crippen LogP contribution in [0.25, 0.3) is 10.5 Å². The fraction of sp³-hybridized carbons (Fsp3) is 0.765. The summed E-state index contributed by atoms with van der Waals surface area (Å²) in [6, 6.07) is 10.3. The predicted octanol–water partition coefficient (Wildman–Crippen LogP) is 3.34. The summed E-state index contributed by atoms with van der Waals surface area (Å²) < 4.78 is 14.5. The maximum atomic E-state index is 4.83. The minimum atomic E-state index is -0.0741. The van der Waals surface area contributed by atoms with Crippen LogP contribution in [0.4, 0.5) is 0 Å². The first-order valence-corrected chi connectivity index (χ1v) is 15.1. The third-order valence-electron chi connectivity index (χ3n) is 3.34. The molecule has 0 saturated heterocycles. The van der Waals surface area contributed by atoms with Gasteiger partial charge in [0.15, 0.2) is 0 Å². The standard InChI is InChI=1S/C14H23BN2.3C4H10O.2C4H9.ClH.Li.2Mg/c1-13(2,3)16-15(17-14(4,5)6)12-10-8-7-9-11-12;3*1-3-5-4-2;2*1-4(2)3;;;;/h7-11H,1-6H3;3*3-4H2,1-2H3;2*1-3H3;1H;;;/q-2;;;;2*-1;;+1;2*+2/p-1. The number of benzene rings is 1. The van der Waals surface area contributed by atoms with Gasteiger partial charge >= 0.3 is 65.0 Å². The summed E-state index contributed by atoms with van der Waals surface area (Å²) in [7, 11) is 0. The second-order valence-electron chi connectivity index (χ2n) is 11.7. The van der Waals surface area contributed by atoms with Crippen LogP contribution in [0.1, 0.15) is 125 Å². The van der Waals surface area contributed by atoms with Gasteiger partial charge in [-0.1, -0.05) is 78.9 Å². The Morgan fingerprint density at radius 1 is 0.545 bits per heavy atom. The van der Waals surface area contributed by atoms with Crippen LogP contribution in [0, 0.1) is 11.8 Å². The monoisotopic (exact) mass is 657 g/mol. The molecule has 10 heteroatoms. The van der Waals surface area contributed by atoms with E-state index in [0.29, 0.717) is 0 Å². The van der Waals surface area contributed by atoms with E-state index in [1.54, 1.807) is 0 Å². The molecule has 1 rings (SSSR count). The zero-order chi connectivity index (χ0) is 32.6. The molecule has 0 bridgehead atoms. The Balaban J connectivity index is -0.0000000544. The molecule has 44 heavy (non-hydrogen) atoms. The van der Waals surface area contributed by atoms with Gasteiger partial charge in [0.2, 0.25) is 0 Å². The fourth-order valence-corrected chi connectivity index (χ4v) is 2.15. The number of nitrogens with zero attached hydrogens (tertiary/aromatic N) is 2. The first-order valence-electron chi connectivity index (χ1n) is 15.1. The summed E-state index contributed by atoms with van der Waals surface area (Å²) >= 11 is 0. The van der Waals surface area contributed by atoms with Crippen LogP contribution in [0.5, 0.6) is 0 Å². The van der Waals surface area contributed by atoms with E-state index in [0.717, 1.165) is 45.1 Å². The molecule has 0 atom stereocenters. The number of ether oxygens (including phenoxy) is 3. The van der Waals surface area contributed by atoms with Gasteiger partial charge < -0.3 is 48.9 Å². The molecule has 0 unspecified atom stereocenters. The molecule has 0 aliphatic heterocycles. The first kappa shape index (κ1) is 67.6. The van der Waals surface area contributed by atoms with E-state index in [9.17, 15) is 0 Å². The van der Waals surface area contributed by atoms with Crippen LogP contribution < -0.4 is 36.7 Å². The summed E-state index contributed by atoms with van der Waals surface area (Å²) in [5.41, 5.74) is 1.02. The molecule has 0 amide bonds. The van der Waals surface area contributed by atoms with Crippen LogP contribution in [0.3, 0.4) is 0 Å². The minimum absolute atomic E-state index is 0. The maximum Gasteiger partial charge on any atom is 2.00 e. The van der Waals surface area contributed by atoms with Gasteiger partial charge in [0.05, 0.1) is 0 Å². The number of halogens is 1. The van der Waals surface area contributed by atoms with Crippen molar-refractivity contribution in [1.82, 2.24) is 0 Å². The van der Waals surface area contributed by atoms with Crippen LogP contribution in [0.2, 0.25) is 0 Å². The zero-order valence-electron chi connectivity index (χ0n) is 33.1. The average molecular weight is 658 g/mol. The Kier molecular flexibility index (Phi) is 75.2. The normalized spacial score (nSPS) is 9.36. The van der Waals surface area contributed by atoms with Gasteiger partial charge in [-0.05, 0) is 41.5 Å². The van der Waals surface area contributed by atoms with Crippen molar-refractivity contribution in [3.05, 3.63) is 52.6 Å². The summed E-state index contributed by atoms with van der Waals surface area (Å²) in [4.78, 5) is 0. The van der Waals surface area contributed by atoms with Crippen molar-refractivity contribution < 1.29 is 45.5 Å². The zero-order valence-corrected chi connectivity index (χ0v) is 36.7. The Hall–Kier alpha value is 1.50. The van der Waals surface area contributed by atoms with Gasteiger partial charge in [-0.15, -0.1) is 16.5 Å². The molecule has 0 radical (unpaired) electrons. The Bertz CT molecular complexity index is 534. The molecule has 0 aromatic heterocycles. The van der Waals surface area contributed by atoms with Crippen molar-refractivity contribution in [2.45, 2.75) is 136 Å². The SMILES string of the molecule is CC(C)(C)[N-]B([N-]C(C)(C)C)c1ccccc1.CCOCC.CCOCC.CCOCC.C[C-](C)C.C[C-](C)C.[Cl-].[Li+].[Mg+2].[Mg+2]. The molecule has 0 aliphatic carbocycles. The summed E-state index contributed by atoms with van der Waals surface area (Å²) in [6.45, 7) is 42.1. The Morgan fingerprint density at radius 2 is 0.750 bits per heavy atom. The van der Waals surface area contributed by atoms with Gasteiger partial charge in [-0.2, -0.15) is 41.5 Å². The van der Waals surface area contributed by atoms with Crippen molar-refractivity contribution in [2.24, 2.45) is 0 Å². The molecular weight excluding hydrogens is 586 g/mol. The fourth-order valence-electron chi connectivity index (χ4n) is 2.15. The molecule has 0 heterocycles. The van der Waals surface area contributed by atoms with Crippen LogP contribution in [0.15, 0.2) is 30.3 Å². The quantitative estimate of drug-likeness (QED) is 0.303. The molecule has 0 fully saturated rings. The van der Waals surface area contributed by atoms with Gasteiger partial charge in [-0.3, -0.25) is 0 Å². The van der Waals surface area contributed by atoms with Crippen molar-refractivity contribution in [1.29, 1.82) is 0 Å². The number of hydrogen-bond donors (Lipinski definition) is 0. The van der Waals surface area contributed by atoms with Crippen molar-refractivity contribution in [2.75, 3.05) is 39.6 Å². The molecule has 5 nitrogen and oxygen atoms in total. The molecular formula is C34H71BClLiMg2N2O3. The molecule has 1 aromatic carbocycles. The van der Waals surface area contributed by atoms with E-state index < -0.39 is 0 Å². The van der Waals surface area contributed by atoms with Gasteiger partial charge in [-0.25, -0.2) is 0 Å². The number of hydrogen-bond acceptors (Lipinski definition) is 3. The van der Waals surface area contributed by atoms with E-state index in [2.05, 4.69) is 95.2 Å². The van der Waals surface area contributed by atoms with Gasteiger partial charge in [0, 0.05) is 39.6 Å². The molecule has 0 spiro atoms. The molecule has 1 aromatic rings. The largest absolute Gasteiger partial charge is 2.00 e. The van der Waals surface area contributed by atoms with Gasteiger partial charge in [0.1, 0.15) is 0 Å². The smallest absolute Gasteiger partial charge is 1.00 e. The third kappa shape index (κ3) is 90.3. The molecule has 0 saturated carbocycles. The van der Waals surface area contributed by atoms with Gasteiger partial charge in [0.25, 0.3) is 0 Å². The van der Waals surface area contributed by atoms with E-state index >= 15 is 0 Å². The van der Waals surface area contributed by atoms with Crippen LogP contribution in [-0.4, -0.2) is 104 Å². The number of rotatable bonds is 9. The second-order valence-corrected chi connectivity index (χ2v) is 11.7.